The van der Waals surface area contributed by atoms with Gasteiger partial charge in [-0.25, -0.2) is 0 Å². The molecule has 90 valence electrons. The SMILES string of the molecule is O=C(c1ccccc1)c1cc(/C=N/O)ccc1O. The van der Waals surface area contributed by atoms with Gasteiger partial charge in [-0.05, 0) is 23.8 Å². The van der Waals surface area contributed by atoms with Crippen LogP contribution in [0.5, 0.6) is 5.75 Å². The summed E-state index contributed by atoms with van der Waals surface area (Å²) in [6.45, 7) is 0. The summed E-state index contributed by atoms with van der Waals surface area (Å²) in [6.07, 6.45) is 1.20. The summed E-state index contributed by atoms with van der Waals surface area (Å²) in [6, 6.07) is 13.1. The number of hydrogen-bond donors (Lipinski definition) is 2. The average molecular weight is 241 g/mol. The van der Waals surface area contributed by atoms with Crippen LogP contribution in [0.1, 0.15) is 21.5 Å². The molecule has 4 nitrogen and oxygen atoms in total. The Bertz CT molecular complexity index is 591. The van der Waals surface area contributed by atoms with Crippen molar-refractivity contribution in [2.75, 3.05) is 0 Å². The molecular formula is C14H11NO3. The van der Waals surface area contributed by atoms with Gasteiger partial charge in [0.25, 0.3) is 0 Å². The third-order valence-corrected chi connectivity index (χ3v) is 2.51. The molecule has 0 aliphatic carbocycles. The van der Waals surface area contributed by atoms with Crippen LogP contribution in [0.4, 0.5) is 0 Å². The van der Waals surface area contributed by atoms with E-state index < -0.39 is 0 Å². The monoisotopic (exact) mass is 241 g/mol. The van der Waals surface area contributed by atoms with E-state index in [-0.39, 0.29) is 17.1 Å². The van der Waals surface area contributed by atoms with E-state index in [1.54, 1.807) is 30.3 Å². The van der Waals surface area contributed by atoms with Crippen LogP contribution in [0, 0.1) is 0 Å². The first-order chi connectivity index (χ1) is 8.72. The molecular weight excluding hydrogens is 230 g/mol. The number of aromatic hydroxyl groups is 1. The molecule has 0 aliphatic heterocycles. The van der Waals surface area contributed by atoms with E-state index in [1.165, 1.54) is 18.3 Å². The number of hydrogen-bond acceptors (Lipinski definition) is 4. The van der Waals surface area contributed by atoms with Crippen LogP contribution in [-0.4, -0.2) is 22.3 Å². The largest absolute Gasteiger partial charge is 0.507 e. The quantitative estimate of drug-likeness (QED) is 0.375. The number of benzene rings is 2. The predicted octanol–water partition coefficient (Wildman–Crippen LogP) is 2.43. The lowest BCUT2D eigenvalue weighted by Gasteiger charge is -2.04. The number of carbonyl (C=O) groups excluding carboxylic acids is 1. The molecule has 0 bridgehead atoms. The molecule has 0 radical (unpaired) electrons. The summed E-state index contributed by atoms with van der Waals surface area (Å²) < 4.78 is 0. The van der Waals surface area contributed by atoms with Gasteiger partial charge in [0.05, 0.1) is 11.8 Å². The van der Waals surface area contributed by atoms with Gasteiger partial charge < -0.3 is 10.3 Å². The minimum atomic E-state index is -0.277. The van der Waals surface area contributed by atoms with Crippen molar-refractivity contribution in [3.05, 3.63) is 65.2 Å². The summed E-state index contributed by atoms with van der Waals surface area (Å²) in [5.41, 5.74) is 1.21. The molecule has 0 saturated carbocycles. The van der Waals surface area contributed by atoms with Crippen LogP contribution in [0.3, 0.4) is 0 Å². The van der Waals surface area contributed by atoms with Gasteiger partial charge in [-0.3, -0.25) is 4.79 Å². The first-order valence-corrected chi connectivity index (χ1v) is 5.32. The Kier molecular flexibility index (Phi) is 3.38. The molecule has 2 aromatic rings. The number of carbonyl (C=O) groups is 1. The number of rotatable bonds is 3. The van der Waals surface area contributed by atoms with Crippen molar-refractivity contribution in [1.29, 1.82) is 0 Å². The zero-order chi connectivity index (χ0) is 13.0. The molecule has 2 aromatic carbocycles. The van der Waals surface area contributed by atoms with Crippen LogP contribution in [0.2, 0.25) is 0 Å². The Hall–Kier alpha value is -2.62. The molecule has 0 heterocycles. The van der Waals surface area contributed by atoms with Crippen molar-refractivity contribution >= 4 is 12.0 Å². The molecule has 0 fully saturated rings. The number of phenolic OH excluding ortho intramolecular Hbond substituents is 1. The lowest BCUT2D eigenvalue weighted by Crippen LogP contribution is -2.02. The molecule has 0 saturated heterocycles. The summed E-state index contributed by atoms with van der Waals surface area (Å²) in [5, 5.41) is 21.1. The van der Waals surface area contributed by atoms with E-state index in [4.69, 9.17) is 5.21 Å². The highest BCUT2D eigenvalue weighted by atomic mass is 16.4. The second-order valence-corrected chi connectivity index (χ2v) is 3.72. The topological polar surface area (TPSA) is 69.9 Å². The third-order valence-electron chi connectivity index (χ3n) is 2.51. The smallest absolute Gasteiger partial charge is 0.196 e. The Morgan fingerprint density at radius 1 is 1.11 bits per heavy atom. The van der Waals surface area contributed by atoms with Gasteiger partial charge in [-0.2, -0.15) is 0 Å². The summed E-state index contributed by atoms with van der Waals surface area (Å²) in [5.74, 6) is -0.375. The fourth-order valence-electron chi connectivity index (χ4n) is 1.63. The van der Waals surface area contributed by atoms with Gasteiger partial charge in [0.15, 0.2) is 5.78 Å². The molecule has 4 heteroatoms. The third kappa shape index (κ3) is 2.38. The molecule has 0 aliphatic rings. The fourth-order valence-corrected chi connectivity index (χ4v) is 1.63. The average Bonchev–Trinajstić information content (AvgIpc) is 2.41. The standard InChI is InChI=1S/C14H11NO3/c16-13-7-6-10(9-15-18)8-12(13)14(17)11-4-2-1-3-5-11/h1-9,16,18H/b15-9+. The summed E-state index contributed by atoms with van der Waals surface area (Å²) in [7, 11) is 0. The van der Waals surface area contributed by atoms with Crippen LogP contribution >= 0.6 is 0 Å². The second-order valence-electron chi connectivity index (χ2n) is 3.72. The minimum absolute atomic E-state index is 0.0982. The van der Waals surface area contributed by atoms with Crippen LogP contribution in [0.15, 0.2) is 53.7 Å². The Morgan fingerprint density at radius 2 is 1.83 bits per heavy atom. The molecule has 0 unspecified atom stereocenters. The maximum absolute atomic E-state index is 12.2. The lowest BCUT2D eigenvalue weighted by molar-refractivity contribution is 0.103. The van der Waals surface area contributed by atoms with Gasteiger partial charge in [-0.1, -0.05) is 35.5 Å². The highest BCUT2D eigenvalue weighted by Gasteiger charge is 2.13. The molecule has 0 atom stereocenters. The van der Waals surface area contributed by atoms with Crippen molar-refractivity contribution < 1.29 is 15.1 Å². The Morgan fingerprint density at radius 3 is 2.50 bits per heavy atom. The van der Waals surface area contributed by atoms with Gasteiger partial charge in [0.1, 0.15) is 5.75 Å². The maximum Gasteiger partial charge on any atom is 0.196 e. The maximum atomic E-state index is 12.2. The molecule has 2 N–H and O–H groups in total. The van der Waals surface area contributed by atoms with Crippen molar-refractivity contribution in [2.45, 2.75) is 0 Å². The van der Waals surface area contributed by atoms with Crippen LogP contribution < -0.4 is 0 Å². The van der Waals surface area contributed by atoms with E-state index in [0.717, 1.165) is 0 Å². The van der Waals surface area contributed by atoms with Crippen molar-refractivity contribution in [1.82, 2.24) is 0 Å². The Labute approximate surface area is 104 Å². The first-order valence-electron chi connectivity index (χ1n) is 5.32. The first kappa shape index (κ1) is 11.9. The van der Waals surface area contributed by atoms with Crippen molar-refractivity contribution in [3.8, 4) is 5.75 Å². The zero-order valence-electron chi connectivity index (χ0n) is 9.45. The van der Waals surface area contributed by atoms with Crippen molar-refractivity contribution in [3.63, 3.8) is 0 Å². The van der Waals surface area contributed by atoms with Gasteiger partial charge in [0, 0.05) is 5.56 Å². The highest BCUT2D eigenvalue weighted by Crippen LogP contribution is 2.21. The van der Waals surface area contributed by atoms with Crippen LogP contribution in [-0.2, 0) is 0 Å². The zero-order valence-corrected chi connectivity index (χ0v) is 9.45. The van der Waals surface area contributed by atoms with Crippen LogP contribution in [0.25, 0.3) is 0 Å². The summed E-state index contributed by atoms with van der Waals surface area (Å²) in [4.78, 5) is 12.2. The number of oxime groups is 1. The molecule has 0 aromatic heterocycles. The van der Waals surface area contributed by atoms with E-state index in [2.05, 4.69) is 5.16 Å². The van der Waals surface area contributed by atoms with Gasteiger partial charge in [0.2, 0.25) is 0 Å². The minimum Gasteiger partial charge on any atom is -0.507 e. The number of phenols is 1. The van der Waals surface area contributed by atoms with E-state index in [9.17, 15) is 9.90 Å². The van der Waals surface area contributed by atoms with Crippen molar-refractivity contribution in [2.24, 2.45) is 5.16 Å². The highest BCUT2D eigenvalue weighted by molar-refractivity contribution is 6.11. The lowest BCUT2D eigenvalue weighted by atomic mass is 10.0. The fraction of sp³-hybridized carbons (Fsp3) is 0. The molecule has 2 rings (SSSR count). The Balaban J connectivity index is 2.44. The van der Waals surface area contributed by atoms with E-state index in [0.29, 0.717) is 11.1 Å². The van der Waals surface area contributed by atoms with E-state index in [1.807, 2.05) is 6.07 Å². The van der Waals surface area contributed by atoms with E-state index >= 15 is 0 Å². The van der Waals surface area contributed by atoms with Gasteiger partial charge in [-0.15, -0.1) is 0 Å². The predicted molar refractivity (Wildman–Crippen MR) is 67.4 cm³/mol. The molecule has 0 spiro atoms. The summed E-state index contributed by atoms with van der Waals surface area (Å²) >= 11 is 0. The van der Waals surface area contributed by atoms with Gasteiger partial charge >= 0.3 is 0 Å². The molecule has 18 heavy (non-hydrogen) atoms. The normalized spacial score (nSPS) is 10.7. The number of nitrogens with zero attached hydrogens (tertiary/aromatic N) is 1. The molecule has 0 amide bonds. The number of ketones is 1. The second kappa shape index (κ2) is 5.14.